The predicted molar refractivity (Wildman–Crippen MR) is 142 cm³/mol. The van der Waals surface area contributed by atoms with Crippen molar-refractivity contribution in [3.05, 3.63) is 75.1 Å². The molecule has 0 unspecified atom stereocenters. The molecule has 0 saturated carbocycles. The number of methoxy groups -OCH3 is 1. The van der Waals surface area contributed by atoms with E-state index in [1.54, 1.807) is 41.3 Å². The number of carbonyl (C=O) groups excluding carboxylic acids is 2. The van der Waals surface area contributed by atoms with Crippen LogP contribution in [0.4, 0.5) is 9.39 Å². The lowest BCUT2D eigenvalue weighted by Crippen LogP contribution is -2.16. The Bertz CT molecular complexity index is 1440. The second kappa shape index (κ2) is 12.0. The summed E-state index contributed by atoms with van der Waals surface area (Å²) < 4.78 is 25.4. The van der Waals surface area contributed by atoms with Crippen LogP contribution >= 0.6 is 46.3 Å². The van der Waals surface area contributed by atoms with Gasteiger partial charge >= 0.3 is 5.97 Å². The molecule has 0 aliphatic heterocycles. The second-order valence-corrected chi connectivity index (χ2v) is 10.2. The maximum Gasteiger partial charge on any atom is 0.341 e. The molecule has 0 atom stereocenters. The molecule has 1 amide bonds. The van der Waals surface area contributed by atoms with Gasteiger partial charge in [-0.3, -0.25) is 4.79 Å². The number of benzene rings is 2. The van der Waals surface area contributed by atoms with Gasteiger partial charge < -0.3 is 19.4 Å². The minimum absolute atomic E-state index is 0.0193. The number of thioether (sulfide) groups is 1. The number of thiophene rings is 1. The number of hydrogen-bond acceptors (Lipinski definition) is 8. The third-order valence-electron chi connectivity index (χ3n) is 5.10. The lowest BCUT2D eigenvalue weighted by atomic mass is 10.0. The number of aromatic nitrogens is 3. The number of hydrogen-bond donors (Lipinski definition) is 1. The van der Waals surface area contributed by atoms with E-state index in [-0.39, 0.29) is 28.9 Å². The number of rotatable bonds is 9. The van der Waals surface area contributed by atoms with Crippen molar-refractivity contribution in [2.45, 2.75) is 11.8 Å². The topological polar surface area (TPSA) is 95.3 Å². The van der Waals surface area contributed by atoms with E-state index in [1.807, 2.05) is 0 Å². The normalized spacial score (nSPS) is 10.8. The molecular formula is C24H19Cl2FN4O4S2. The molecule has 0 aliphatic rings. The standard InChI is InChI=1S/C24H19Cl2FN4O4S2/c1-31-19(10-35-18-8-7-15(27)9-17(18)26)29-30-24(31)37-12-20(32)28-22-21(23(33)34-2)16(11-36-22)13-3-5-14(25)6-4-13/h3-9,11H,10,12H2,1-2H3,(H,28,32). The lowest BCUT2D eigenvalue weighted by molar-refractivity contribution is -0.113. The highest BCUT2D eigenvalue weighted by Gasteiger charge is 2.23. The minimum Gasteiger partial charge on any atom is -0.484 e. The van der Waals surface area contributed by atoms with E-state index in [2.05, 4.69) is 15.5 Å². The summed E-state index contributed by atoms with van der Waals surface area (Å²) in [6.07, 6.45) is 0. The Morgan fingerprint density at radius 1 is 1.16 bits per heavy atom. The first-order valence-electron chi connectivity index (χ1n) is 10.6. The first-order valence-corrected chi connectivity index (χ1v) is 13.2. The molecule has 4 aromatic rings. The van der Waals surface area contributed by atoms with Crippen molar-refractivity contribution in [3.63, 3.8) is 0 Å². The van der Waals surface area contributed by atoms with E-state index in [4.69, 9.17) is 32.7 Å². The van der Waals surface area contributed by atoms with Gasteiger partial charge in [0.1, 0.15) is 28.7 Å². The summed E-state index contributed by atoms with van der Waals surface area (Å²) in [5.41, 5.74) is 1.67. The number of halogens is 3. The predicted octanol–water partition coefficient (Wildman–Crippen LogP) is 6.09. The smallest absolute Gasteiger partial charge is 0.341 e. The zero-order valence-electron chi connectivity index (χ0n) is 19.5. The number of nitrogens with one attached hydrogen (secondary N) is 1. The molecular weight excluding hydrogens is 562 g/mol. The van der Waals surface area contributed by atoms with E-state index in [1.165, 1.54) is 42.3 Å². The van der Waals surface area contributed by atoms with Gasteiger partial charge in [-0.05, 0) is 35.9 Å². The van der Waals surface area contributed by atoms with E-state index in [0.717, 1.165) is 11.6 Å². The van der Waals surface area contributed by atoms with Gasteiger partial charge in [0.05, 0.1) is 17.9 Å². The average Bonchev–Trinajstić information content (AvgIpc) is 3.45. The number of nitrogens with zero attached hydrogens (tertiary/aromatic N) is 3. The number of carbonyl (C=O) groups is 2. The van der Waals surface area contributed by atoms with Crippen molar-refractivity contribution >= 4 is 63.2 Å². The maximum atomic E-state index is 13.2. The highest BCUT2D eigenvalue weighted by molar-refractivity contribution is 7.99. The molecule has 1 N–H and O–H groups in total. The lowest BCUT2D eigenvalue weighted by Gasteiger charge is -2.09. The molecule has 0 aliphatic carbocycles. The van der Waals surface area contributed by atoms with Crippen LogP contribution in [-0.4, -0.2) is 39.5 Å². The molecule has 0 spiro atoms. The highest BCUT2D eigenvalue weighted by atomic mass is 35.5. The van der Waals surface area contributed by atoms with Crippen molar-refractivity contribution in [1.82, 2.24) is 14.8 Å². The Labute approximate surface area is 229 Å². The minimum atomic E-state index is -0.562. The van der Waals surface area contributed by atoms with Crippen LogP contribution < -0.4 is 10.1 Å². The molecule has 2 aromatic heterocycles. The molecule has 13 heteroatoms. The van der Waals surface area contributed by atoms with E-state index in [0.29, 0.717) is 32.3 Å². The van der Waals surface area contributed by atoms with Gasteiger partial charge in [0.25, 0.3) is 0 Å². The Kier molecular flexibility index (Phi) is 8.70. The molecule has 8 nitrogen and oxygen atoms in total. The van der Waals surface area contributed by atoms with Crippen molar-refractivity contribution in [3.8, 4) is 16.9 Å². The molecule has 0 bridgehead atoms. The average molecular weight is 581 g/mol. The first-order chi connectivity index (χ1) is 17.8. The Morgan fingerprint density at radius 3 is 2.62 bits per heavy atom. The molecule has 2 aromatic carbocycles. The van der Waals surface area contributed by atoms with Crippen LogP contribution in [0.2, 0.25) is 10.0 Å². The van der Waals surface area contributed by atoms with E-state index >= 15 is 0 Å². The Hall–Kier alpha value is -3.12. The van der Waals surface area contributed by atoms with Gasteiger partial charge in [0.15, 0.2) is 11.0 Å². The molecule has 0 fully saturated rings. The number of anilines is 1. The van der Waals surface area contributed by atoms with E-state index in [9.17, 15) is 14.0 Å². The summed E-state index contributed by atoms with van der Waals surface area (Å²) in [7, 11) is 3.02. The van der Waals surface area contributed by atoms with Crippen LogP contribution in [0.3, 0.4) is 0 Å². The van der Waals surface area contributed by atoms with Crippen LogP contribution in [0.25, 0.3) is 11.1 Å². The van der Waals surface area contributed by atoms with Gasteiger partial charge in [-0.1, -0.05) is 47.1 Å². The zero-order chi connectivity index (χ0) is 26.5. The SMILES string of the molecule is COC(=O)c1c(-c2ccc(Cl)cc2)csc1NC(=O)CSc1nnc(COc2ccc(F)cc2Cl)n1C. The fourth-order valence-electron chi connectivity index (χ4n) is 3.22. The molecule has 4 rings (SSSR count). The van der Waals surface area contributed by atoms with Crippen molar-refractivity contribution in [1.29, 1.82) is 0 Å². The Balaban J connectivity index is 1.40. The molecule has 2 heterocycles. The largest absolute Gasteiger partial charge is 0.484 e. The fourth-order valence-corrected chi connectivity index (χ4v) is 5.27. The van der Waals surface area contributed by atoms with E-state index < -0.39 is 11.8 Å². The number of amides is 1. The van der Waals surface area contributed by atoms with Crippen LogP contribution in [0, 0.1) is 5.82 Å². The zero-order valence-corrected chi connectivity index (χ0v) is 22.6. The number of esters is 1. The van der Waals surface area contributed by atoms with Crippen LogP contribution in [0.1, 0.15) is 16.2 Å². The van der Waals surface area contributed by atoms with Gasteiger partial charge in [-0.2, -0.15) is 0 Å². The summed E-state index contributed by atoms with van der Waals surface area (Å²) in [5.74, 6) is -0.537. The third kappa shape index (κ3) is 6.42. The molecule has 0 radical (unpaired) electrons. The monoisotopic (exact) mass is 580 g/mol. The summed E-state index contributed by atoms with van der Waals surface area (Å²) in [6.45, 7) is 0.0484. The van der Waals surface area contributed by atoms with Crippen molar-refractivity contribution < 1.29 is 23.5 Å². The summed E-state index contributed by atoms with van der Waals surface area (Å²) in [6, 6.07) is 10.9. The van der Waals surface area contributed by atoms with Crippen LogP contribution in [0.15, 0.2) is 53.0 Å². The van der Waals surface area contributed by atoms with Gasteiger partial charge in [0, 0.05) is 23.0 Å². The Morgan fingerprint density at radius 2 is 1.92 bits per heavy atom. The van der Waals surface area contributed by atoms with Gasteiger partial charge in [-0.25, -0.2) is 9.18 Å². The molecule has 37 heavy (non-hydrogen) atoms. The summed E-state index contributed by atoms with van der Waals surface area (Å²) >= 11 is 14.3. The quantitative estimate of drug-likeness (QED) is 0.189. The fraction of sp³-hybridized carbons (Fsp3) is 0.167. The summed E-state index contributed by atoms with van der Waals surface area (Å²) in [4.78, 5) is 25.2. The second-order valence-electron chi connectivity index (χ2n) is 7.51. The third-order valence-corrected chi connectivity index (χ3v) is 7.56. The molecule has 192 valence electrons. The van der Waals surface area contributed by atoms with Crippen LogP contribution in [0.5, 0.6) is 5.75 Å². The number of ether oxygens (including phenoxy) is 2. The van der Waals surface area contributed by atoms with Crippen LogP contribution in [-0.2, 0) is 23.2 Å². The molecule has 0 saturated heterocycles. The first kappa shape index (κ1) is 26.9. The maximum absolute atomic E-state index is 13.2. The summed E-state index contributed by atoms with van der Waals surface area (Å²) in [5, 5.41) is 14.3. The highest BCUT2D eigenvalue weighted by Crippen LogP contribution is 2.37. The van der Waals surface area contributed by atoms with Crippen molar-refractivity contribution in [2.75, 3.05) is 18.2 Å². The van der Waals surface area contributed by atoms with Crippen molar-refractivity contribution in [2.24, 2.45) is 7.05 Å². The van der Waals surface area contributed by atoms with Gasteiger partial charge in [0.2, 0.25) is 5.91 Å². The van der Waals surface area contributed by atoms with Gasteiger partial charge in [-0.15, -0.1) is 21.5 Å².